The number of fused-ring (bicyclic) bond motifs is 1. The number of aromatic amines is 1. The SMILES string of the molecule is C/C=C\c1c(-c2ccccc2)[nH]c2ncccc12. The number of aromatic nitrogens is 2. The van der Waals surface area contributed by atoms with Crippen LogP contribution in [0.4, 0.5) is 0 Å². The number of hydrogen-bond donors (Lipinski definition) is 1. The number of pyridine rings is 1. The number of nitrogens with zero attached hydrogens (tertiary/aromatic N) is 1. The second-order valence-corrected chi connectivity index (χ2v) is 4.18. The van der Waals surface area contributed by atoms with Crippen molar-refractivity contribution in [2.24, 2.45) is 0 Å². The van der Waals surface area contributed by atoms with E-state index >= 15 is 0 Å². The standard InChI is InChI=1S/C16H14N2/c1-2-7-13-14-10-6-11-17-16(14)18-15(13)12-8-4-3-5-9-12/h2-11H,1H3,(H,17,18)/b7-2-. The van der Waals surface area contributed by atoms with Crippen molar-refractivity contribution in [1.82, 2.24) is 9.97 Å². The Morgan fingerprint density at radius 2 is 1.89 bits per heavy atom. The fraction of sp³-hybridized carbons (Fsp3) is 0.0625. The first kappa shape index (κ1) is 10.8. The van der Waals surface area contributed by atoms with Crippen LogP contribution in [0.15, 0.2) is 54.7 Å². The van der Waals surface area contributed by atoms with Gasteiger partial charge in [-0.2, -0.15) is 0 Å². The van der Waals surface area contributed by atoms with Crippen molar-refractivity contribution in [2.75, 3.05) is 0 Å². The summed E-state index contributed by atoms with van der Waals surface area (Å²) in [5, 5.41) is 1.16. The van der Waals surface area contributed by atoms with E-state index in [2.05, 4.69) is 40.3 Å². The summed E-state index contributed by atoms with van der Waals surface area (Å²) in [6.45, 7) is 2.03. The van der Waals surface area contributed by atoms with Crippen LogP contribution in [0, 0.1) is 0 Å². The van der Waals surface area contributed by atoms with Crippen molar-refractivity contribution in [3.8, 4) is 11.3 Å². The summed E-state index contributed by atoms with van der Waals surface area (Å²) in [4.78, 5) is 7.78. The summed E-state index contributed by atoms with van der Waals surface area (Å²) in [5.41, 5.74) is 4.45. The minimum Gasteiger partial charge on any atom is -0.339 e. The lowest BCUT2D eigenvalue weighted by Gasteiger charge is -2.00. The summed E-state index contributed by atoms with van der Waals surface area (Å²) >= 11 is 0. The first-order chi connectivity index (χ1) is 8.90. The lowest BCUT2D eigenvalue weighted by molar-refractivity contribution is 1.32. The number of hydrogen-bond acceptors (Lipinski definition) is 1. The summed E-state index contributed by atoms with van der Waals surface area (Å²) in [5.74, 6) is 0. The van der Waals surface area contributed by atoms with E-state index < -0.39 is 0 Å². The Balaban J connectivity index is 2.32. The molecule has 18 heavy (non-hydrogen) atoms. The van der Waals surface area contributed by atoms with Gasteiger partial charge in [0.25, 0.3) is 0 Å². The normalized spacial score (nSPS) is 11.4. The van der Waals surface area contributed by atoms with Crippen LogP contribution >= 0.6 is 0 Å². The van der Waals surface area contributed by atoms with E-state index in [1.165, 1.54) is 11.1 Å². The summed E-state index contributed by atoms with van der Waals surface area (Å²) in [6.07, 6.45) is 6.00. The van der Waals surface area contributed by atoms with Crippen molar-refractivity contribution < 1.29 is 0 Å². The number of benzene rings is 1. The molecule has 0 aliphatic heterocycles. The maximum Gasteiger partial charge on any atom is 0.138 e. The van der Waals surface area contributed by atoms with Gasteiger partial charge >= 0.3 is 0 Å². The maximum absolute atomic E-state index is 4.38. The van der Waals surface area contributed by atoms with E-state index in [1.54, 1.807) is 0 Å². The van der Waals surface area contributed by atoms with Gasteiger partial charge in [-0.1, -0.05) is 42.5 Å². The molecular weight excluding hydrogens is 220 g/mol. The van der Waals surface area contributed by atoms with Crippen LogP contribution in [-0.2, 0) is 0 Å². The first-order valence-electron chi connectivity index (χ1n) is 6.05. The van der Waals surface area contributed by atoms with Gasteiger partial charge in [-0.05, 0) is 24.6 Å². The molecule has 0 aliphatic rings. The Kier molecular flexibility index (Phi) is 2.69. The molecule has 0 aliphatic carbocycles. The van der Waals surface area contributed by atoms with E-state index in [-0.39, 0.29) is 0 Å². The summed E-state index contributed by atoms with van der Waals surface area (Å²) in [7, 11) is 0. The van der Waals surface area contributed by atoms with Gasteiger partial charge in [-0.15, -0.1) is 0 Å². The molecule has 2 heteroatoms. The van der Waals surface area contributed by atoms with Crippen molar-refractivity contribution in [3.05, 3.63) is 60.3 Å². The van der Waals surface area contributed by atoms with Gasteiger partial charge in [-0.25, -0.2) is 4.98 Å². The molecule has 0 radical (unpaired) electrons. The zero-order valence-corrected chi connectivity index (χ0v) is 10.2. The van der Waals surface area contributed by atoms with Crippen molar-refractivity contribution in [1.29, 1.82) is 0 Å². The van der Waals surface area contributed by atoms with Gasteiger partial charge in [0.2, 0.25) is 0 Å². The molecule has 3 rings (SSSR count). The Morgan fingerprint density at radius 3 is 2.67 bits per heavy atom. The highest BCUT2D eigenvalue weighted by Crippen LogP contribution is 2.30. The molecule has 0 saturated heterocycles. The Hall–Kier alpha value is -2.35. The highest BCUT2D eigenvalue weighted by atomic mass is 14.9. The van der Waals surface area contributed by atoms with Crippen LogP contribution in [-0.4, -0.2) is 9.97 Å². The summed E-state index contributed by atoms with van der Waals surface area (Å²) < 4.78 is 0. The molecule has 0 spiro atoms. The molecule has 0 saturated carbocycles. The number of nitrogens with one attached hydrogen (secondary N) is 1. The molecule has 2 heterocycles. The minimum atomic E-state index is 0.935. The fourth-order valence-corrected chi connectivity index (χ4v) is 2.21. The molecule has 88 valence electrons. The zero-order chi connectivity index (χ0) is 12.4. The Bertz CT molecular complexity index is 693. The Morgan fingerprint density at radius 1 is 1.06 bits per heavy atom. The van der Waals surface area contributed by atoms with Crippen LogP contribution in [0.25, 0.3) is 28.4 Å². The van der Waals surface area contributed by atoms with Crippen molar-refractivity contribution in [2.45, 2.75) is 6.92 Å². The molecule has 1 N–H and O–H groups in total. The second-order valence-electron chi connectivity index (χ2n) is 4.18. The molecular formula is C16H14N2. The predicted molar refractivity (Wildman–Crippen MR) is 76.2 cm³/mol. The molecule has 3 aromatic rings. The largest absolute Gasteiger partial charge is 0.339 e. The third-order valence-electron chi connectivity index (χ3n) is 3.01. The van der Waals surface area contributed by atoms with Gasteiger partial charge in [0.1, 0.15) is 5.65 Å². The van der Waals surface area contributed by atoms with Gasteiger partial charge in [0, 0.05) is 17.1 Å². The van der Waals surface area contributed by atoms with E-state index in [1.807, 2.05) is 37.4 Å². The molecule has 1 aromatic carbocycles. The average molecular weight is 234 g/mol. The smallest absolute Gasteiger partial charge is 0.138 e. The molecule has 0 unspecified atom stereocenters. The second kappa shape index (κ2) is 4.49. The molecule has 0 bridgehead atoms. The topological polar surface area (TPSA) is 28.7 Å². The van der Waals surface area contributed by atoms with Crippen molar-refractivity contribution in [3.63, 3.8) is 0 Å². The van der Waals surface area contributed by atoms with Gasteiger partial charge in [0.15, 0.2) is 0 Å². The van der Waals surface area contributed by atoms with Crippen molar-refractivity contribution >= 4 is 17.1 Å². The first-order valence-corrected chi connectivity index (χ1v) is 6.05. The molecule has 0 atom stereocenters. The lowest BCUT2D eigenvalue weighted by atomic mass is 10.1. The molecule has 0 fully saturated rings. The van der Waals surface area contributed by atoms with Crippen LogP contribution in [0.5, 0.6) is 0 Å². The third-order valence-corrected chi connectivity index (χ3v) is 3.01. The lowest BCUT2D eigenvalue weighted by Crippen LogP contribution is -1.79. The van der Waals surface area contributed by atoms with E-state index in [0.29, 0.717) is 0 Å². The molecule has 0 amide bonds. The zero-order valence-electron chi connectivity index (χ0n) is 10.2. The average Bonchev–Trinajstić information content (AvgIpc) is 2.80. The van der Waals surface area contributed by atoms with E-state index in [4.69, 9.17) is 0 Å². The quantitative estimate of drug-likeness (QED) is 0.705. The van der Waals surface area contributed by atoms with Crippen LogP contribution in [0.1, 0.15) is 12.5 Å². The molecule has 2 aromatic heterocycles. The number of rotatable bonds is 2. The van der Waals surface area contributed by atoms with Crippen LogP contribution in [0.3, 0.4) is 0 Å². The third kappa shape index (κ3) is 1.72. The van der Waals surface area contributed by atoms with E-state index in [9.17, 15) is 0 Å². The fourth-order valence-electron chi connectivity index (χ4n) is 2.21. The van der Waals surface area contributed by atoms with Crippen LogP contribution in [0.2, 0.25) is 0 Å². The van der Waals surface area contributed by atoms with Gasteiger partial charge in [0.05, 0.1) is 5.69 Å². The summed E-state index contributed by atoms with van der Waals surface area (Å²) in [6, 6.07) is 14.4. The number of allylic oxidation sites excluding steroid dienone is 1. The predicted octanol–water partition coefficient (Wildman–Crippen LogP) is 4.26. The van der Waals surface area contributed by atoms with E-state index in [0.717, 1.165) is 16.7 Å². The highest BCUT2D eigenvalue weighted by Gasteiger charge is 2.10. The maximum atomic E-state index is 4.38. The minimum absolute atomic E-state index is 0.935. The number of H-pyrrole nitrogens is 1. The Labute approximate surface area is 106 Å². The monoisotopic (exact) mass is 234 g/mol. The van der Waals surface area contributed by atoms with Gasteiger partial charge < -0.3 is 4.98 Å². The van der Waals surface area contributed by atoms with Gasteiger partial charge in [-0.3, -0.25) is 0 Å². The highest BCUT2D eigenvalue weighted by molar-refractivity contribution is 5.94. The molecule has 2 nitrogen and oxygen atoms in total. The van der Waals surface area contributed by atoms with Crippen LogP contribution < -0.4 is 0 Å².